The van der Waals surface area contributed by atoms with Crippen molar-refractivity contribution in [2.45, 2.75) is 19.9 Å². The topological polar surface area (TPSA) is 113 Å². The third-order valence-corrected chi connectivity index (χ3v) is 4.66. The molecule has 10 nitrogen and oxygen atoms in total. The summed E-state index contributed by atoms with van der Waals surface area (Å²) in [4.78, 5) is 25.2. The highest BCUT2D eigenvalue weighted by molar-refractivity contribution is 5.90. The number of nitrogens with zero attached hydrogens (tertiary/aromatic N) is 6. The highest BCUT2D eigenvalue weighted by Gasteiger charge is 2.32. The predicted molar refractivity (Wildman–Crippen MR) is 99.5 cm³/mol. The van der Waals surface area contributed by atoms with E-state index in [-0.39, 0.29) is 12.1 Å². The number of carbonyl (C=O) groups excluding carboxylic acids is 1. The first-order chi connectivity index (χ1) is 13.5. The molecule has 10 heteroatoms. The Morgan fingerprint density at radius 2 is 2.04 bits per heavy atom. The number of likely N-dealkylation sites (N-methyl/N-ethyl adjacent to an activating group) is 1. The lowest BCUT2D eigenvalue weighted by Crippen LogP contribution is -2.50. The van der Waals surface area contributed by atoms with Gasteiger partial charge in [0.15, 0.2) is 5.82 Å². The van der Waals surface area contributed by atoms with Gasteiger partial charge in [-0.3, -0.25) is 4.90 Å². The second-order valence-corrected chi connectivity index (χ2v) is 6.77. The van der Waals surface area contributed by atoms with Crippen LogP contribution in [0.4, 0.5) is 10.5 Å². The van der Waals surface area contributed by atoms with Crippen molar-refractivity contribution < 1.29 is 13.8 Å². The van der Waals surface area contributed by atoms with Gasteiger partial charge in [0, 0.05) is 37.8 Å². The van der Waals surface area contributed by atoms with E-state index in [1.807, 2.05) is 31.3 Å². The van der Waals surface area contributed by atoms with E-state index in [0.717, 1.165) is 5.56 Å². The SMILES string of the molecule is Cc1noc(C2CN(C(=O)Nc3cccc(-c4noc(C)n4)c3)CCN2C)n1. The number of amides is 2. The maximum absolute atomic E-state index is 12.8. The summed E-state index contributed by atoms with van der Waals surface area (Å²) in [5.74, 6) is 2.08. The Balaban J connectivity index is 1.46. The van der Waals surface area contributed by atoms with Gasteiger partial charge < -0.3 is 19.3 Å². The standard InChI is InChI=1S/C18H21N7O3/c1-11-19-17(28-22-11)15-10-25(8-7-24(15)3)18(26)21-14-6-4-5-13(9-14)16-20-12(2)27-23-16/h4-6,9,15H,7-8,10H2,1-3H3,(H,21,26). The largest absolute Gasteiger partial charge is 0.339 e. The first-order valence-electron chi connectivity index (χ1n) is 8.97. The summed E-state index contributed by atoms with van der Waals surface area (Å²) < 4.78 is 10.3. The van der Waals surface area contributed by atoms with Crippen LogP contribution in [-0.2, 0) is 0 Å². The maximum atomic E-state index is 12.8. The van der Waals surface area contributed by atoms with Crippen molar-refractivity contribution in [3.05, 3.63) is 41.9 Å². The van der Waals surface area contributed by atoms with Crippen LogP contribution in [0, 0.1) is 13.8 Å². The Kier molecular flexibility index (Phi) is 4.78. The summed E-state index contributed by atoms with van der Waals surface area (Å²) >= 11 is 0. The number of aryl methyl sites for hydroxylation is 2. The van der Waals surface area contributed by atoms with Crippen LogP contribution in [0.1, 0.15) is 23.6 Å². The number of carbonyl (C=O) groups is 1. The molecule has 0 saturated carbocycles. The molecule has 2 amide bonds. The van der Waals surface area contributed by atoms with Gasteiger partial charge in [0.25, 0.3) is 0 Å². The molecular weight excluding hydrogens is 362 g/mol. The summed E-state index contributed by atoms with van der Waals surface area (Å²) in [5, 5.41) is 10.7. The second kappa shape index (κ2) is 7.39. The Morgan fingerprint density at radius 3 is 2.75 bits per heavy atom. The molecule has 0 radical (unpaired) electrons. The lowest BCUT2D eigenvalue weighted by atomic mass is 10.1. The van der Waals surface area contributed by atoms with E-state index in [4.69, 9.17) is 9.05 Å². The smallest absolute Gasteiger partial charge is 0.321 e. The molecule has 0 bridgehead atoms. The highest BCUT2D eigenvalue weighted by Crippen LogP contribution is 2.24. The zero-order chi connectivity index (χ0) is 19.7. The fourth-order valence-corrected chi connectivity index (χ4v) is 3.13. The van der Waals surface area contributed by atoms with Crippen molar-refractivity contribution in [3.63, 3.8) is 0 Å². The van der Waals surface area contributed by atoms with Crippen molar-refractivity contribution in [1.29, 1.82) is 0 Å². The summed E-state index contributed by atoms with van der Waals surface area (Å²) in [6.07, 6.45) is 0. The van der Waals surface area contributed by atoms with Gasteiger partial charge in [-0.25, -0.2) is 4.79 Å². The zero-order valence-electron chi connectivity index (χ0n) is 15.9. The summed E-state index contributed by atoms with van der Waals surface area (Å²) in [5.41, 5.74) is 1.43. The number of benzene rings is 1. The first kappa shape index (κ1) is 18.1. The fourth-order valence-electron chi connectivity index (χ4n) is 3.13. The molecule has 1 unspecified atom stereocenters. The molecule has 146 valence electrons. The van der Waals surface area contributed by atoms with Crippen molar-refractivity contribution in [2.24, 2.45) is 0 Å². The second-order valence-electron chi connectivity index (χ2n) is 6.77. The molecule has 1 atom stereocenters. The quantitative estimate of drug-likeness (QED) is 0.733. The lowest BCUT2D eigenvalue weighted by Gasteiger charge is -2.37. The molecule has 1 aromatic carbocycles. The van der Waals surface area contributed by atoms with Gasteiger partial charge in [-0.05, 0) is 26.1 Å². The Morgan fingerprint density at radius 1 is 1.18 bits per heavy atom. The molecule has 0 spiro atoms. The van der Waals surface area contributed by atoms with E-state index in [0.29, 0.717) is 48.8 Å². The molecule has 1 saturated heterocycles. The predicted octanol–water partition coefficient (Wildman–Crippen LogP) is 2.26. The van der Waals surface area contributed by atoms with E-state index in [1.54, 1.807) is 18.7 Å². The van der Waals surface area contributed by atoms with E-state index < -0.39 is 0 Å². The molecule has 1 aliphatic heterocycles. The minimum atomic E-state index is -0.184. The Hall–Kier alpha value is -3.27. The molecule has 1 N–H and O–H groups in total. The molecule has 28 heavy (non-hydrogen) atoms. The van der Waals surface area contributed by atoms with Crippen LogP contribution in [0.25, 0.3) is 11.4 Å². The Labute approximate surface area is 161 Å². The first-order valence-corrected chi connectivity index (χ1v) is 8.97. The van der Waals surface area contributed by atoms with E-state index in [9.17, 15) is 4.79 Å². The van der Waals surface area contributed by atoms with Crippen LogP contribution in [0.3, 0.4) is 0 Å². The van der Waals surface area contributed by atoms with Gasteiger partial charge in [0.05, 0.1) is 0 Å². The van der Waals surface area contributed by atoms with Crippen molar-refractivity contribution in [3.8, 4) is 11.4 Å². The molecular formula is C18H21N7O3. The number of piperazine rings is 1. The number of aromatic nitrogens is 4. The normalized spacial score (nSPS) is 17.7. The minimum Gasteiger partial charge on any atom is -0.339 e. The van der Waals surface area contributed by atoms with Gasteiger partial charge in [0.1, 0.15) is 6.04 Å². The van der Waals surface area contributed by atoms with Crippen LogP contribution in [0.15, 0.2) is 33.3 Å². The van der Waals surface area contributed by atoms with Crippen LogP contribution in [-0.4, -0.2) is 62.8 Å². The molecule has 0 aliphatic carbocycles. The van der Waals surface area contributed by atoms with Gasteiger partial charge in [-0.15, -0.1) is 0 Å². The van der Waals surface area contributed by atoms with Crippen molar-refractivity contribution in [2.75, 3.05) is 32.0 Å². The zero-order valence-corrected chi connectivity index (χ0v) is 15.9. The molecule has 3 aromatic rings. The van der Waals surface area contributed by atoms with Gasteiger partial charge in [-0.1, -0.05) is 22.4 Å². The maximum Gasteiger partial charge on any atom is 0.321 e. The molecule has 2 aromatic heterocycles. The van der Waals surface area contributed by atoms with Gasteiger partial charge in [0.2, 0.25) is 17.6 Å². The highest BCUT2D eigenvalue weighted by atomic mass is 16.5. The van der Waals surface area contributed by atoms with Crippen LogP contribution in [0.5, 0.6) is 0 Å². The monoisotopic (exact) mass is 383 g/mol. The van der Waals surface area contributed by atoms with E-state index >= 15 is 0 Å². The number of nitrogens with one attached hydrogen (secondary N) is 1. The van der Waals surface area contributed by atoms with Crippen LogP contribution in [0.2, 0.25) is 0 Å². The third-order valence-electron chi connectivity index (χ3n) is 4.66. The Bertz CT molecular complexity index is 983. The van der Waals surface area contributed by atoms with Crippen LogP contribution >= 0.6 is 0 Å². The summed E-state index contributed by atoms with van der Waals surface area (Å²) in [6.45, 7) is 5.29. The van der Waals surface area contributed by atoms with Crippen molar-refractivity contribution in [1.82, 2.24) is 30.1 Å². The molecule has 3 heterocycles. The number of hydrogen-bond donors (Lipinski definition) is 1. The van der Waals surface area contributed by atoms with Crippen molar-refractivity contribution >= 4 is 11.7 Å². The lowest BCUT2D eigenvalue weighted by molar-refractivity contribution is 0.0960. The molecule has 1 fully saturated rings. The van der Waals surface area contributed by atoms with Crippen LogP contribution < -0.4 is 5.32 Å². The number of rotatable bonds is 3. The van der Waals surface area contributed by atoms with Gasteiger partial charge >= 0.3 is 6.03 Å². The number of anilines is 1. The fraction of sp³-hybridized carbons (Fsp3) is 0.389. The van der Waals surface area contributed by atoms with E-state index in [2.05, 4.69) is 30.5 Å². The van der Waals surface area contributed by atoms with E-state index in [1.165, 1.54) is 0 Å². The summed E-state index contributed by atoms with van der Waals surface area (Å²) in [6, 6.07) is 7.03. The average Bonchev–Trinajstić information content (AvgIpc) is 3.31. The number of urea groups is 1. The summed E-state index contributed by atoms with van der Waals surface area (Å²) in [7, 11) is 1.98. The molecule has 4 rings (SSSR count). The van der Waals surface area contributed by atoms with Gasteiger partial charge in [-0.2, -0.15) is 9.97 Å². The molecule has 1 aliphatic rings. The number of hydrogen-bond acceptors (Lipinski definition) is 8. The average molecular weight is 383 g/mol. The third kappa shape index (κ3) is 3.72. The minimum absolute atomic E-state index is 0.130.